The quantitative estimate of drug-likeness (QED) is 0.922. The second kappa shape index (κ2) is 6.69. The van der Waals surface area contributed by atoms with Gasteiger partial charge in [-0.15, -0.1) is 0 Å². The van der Waals surface area contributed by atoms with Gasteiger partial charge in [0, 0.05) is 49.4 Å². The number of benzene rings is 1. The van der Waals surface area contributed by atoms with Crippen LogP contribution < -0.4 is 5.32 Å². The predicted molar refractivity (Wildman–Crippen MR) is 95.6 cm³/mol. The van der Waals surface area contributed by atoms with Gasteiger partial charge >= 0.3 is 6.03 Å². The van der Waals surface area contributed by atoms with Crippen LogP contribution in [-0.2, 0) is 0 Å². The largest absolute Gasteiger partial charge is 0.324 e. The van der Waals surface area contributed by atoms with E-state index in [0.29, 0.717) is 6.04 Å². The van der Waals surface area contributed by atoms with Crippen LogP contribution in [0.15, 0.2) is 48.8 Å². The van der Waals surface area contributed by atoms with Crippen molar-refractivity contribution in [3.8, 4) is 5.69 Å². The van der Waals surface area contributed by atoms with Crippen LogP contribution in [0, 0.1) is 0 Å². The van der Waals surface area contributed by atoms with Crippen LogP contribution in [0.3, 0.4) is 0 Å². The zero-order chi connectivity index (χ0) is 16.4. The van der Waals surface area contributed by atoms with Crippen molar-refractivity contribution in [3.05, 3.63) is 48.8 Å². The molecule has 0 spiro atoms. The van der Waals surface area contributed by atoms with Crippen molar-refractivity contribution >= 4 is 11.7 Å². The summed E-state index contributed by atoms with van der Waals surface area (Å²) < 4.78 is 2.04. The minimum Gasteiger partial charge on any atom is -0.324 e. The molecule has 2 aromatic rings. The van der Waals surface area contributed by atoms with Gasteiger partial charge in [0.2, 0.25) is 0 Å². The van der Waals surface area contributed by atoms with Gasteiger partial charge in [0.1, 0.15) is 0 Å². The van der Waals surface area contributed by atoms with Gasteiger partial charge in [-0.3, -0.25) is 4.90 Å². The summed E-state index contributed by atoms with van der Waals surface area (Å²) in [6.45, 7) is 3.86. The summed E-state index contributed by atoms with van der Waals surface area (Å²) in [6.07, 6.45) is 7.81. The first-order valence-electron chi connectivity index (χ1n) is 8.83. The normalized spacial score (nSPS) is 21.3. The van der Waals surface area contributed by atoms with Gasteiger partial charge in [-0.25, -0.2) is 4.79 Å². The first-order valence-corrected chi connectivity index (χ1v) is 8.83. The molecular weight excluding hydrogens is 300 g/mol. The third-order valence-electron chi connectivity index (χ3n) is 5.12. The van der Waals surface area contributed by atoms with E-state index in [1.165, 1.54) is 25.8 Å². The van der Waals surface area contributed by atoms with E-state index < -0.39 is 0 Å². The minimum atomic E-state index is 0.0184. The number of rotatable bonds is 2. The molecule has 2 saturated heterocycles. The van der Waals surface area contributed by atoms with Gasteiger partial charge < -0.3 is 14.8 Å². The highest BCUT2D eigenvalue weighted by Gasteiger charge is 2.30. The molecule has 4 rings (SSSR count). The van der Waals surface area contributed by atoms with Crippen molar-refractivity contribution in [1.82, 2.24) is 14.4 Å². The molecule has 0 bridgehead atoms. The number of piperazine rings is 1. The van der Waals surface area contributed by atoms with E-state index in [-0.39, 0.29) is 6.03 Å². The van der Waals surface area contributed by atoms with Crippen molar-refractivity contribution < 1.29 is 4.79 Å². The Bertz CT molecular complexity index is 697. The van der Waals surface area contributed by atoms with E-state index >= 15 is 0 Å². The van der Waals surface area contributed by atoms with Crippen LogP contribution in [0.2, 0.25) is 0 Å². The Balaban J connectivity index is 1.42. The second-order valence-corrected chi connectivity index (χ2v) is 6.70. The molecule has 24 heavy (non-hydrogen) atoms. The highest BCUT2D eigenvalue weighted by atomic mass is 16.2. The van der Waals surface area contributed by atoms with Gasteiger partial charge in [0.25, 0.3) is 0 Å². The molecule has 3 heterocycles. The van der Waals surface area contributed by atoms with E-state index in [4.69, 9.17) is 0 Å². The Morgan fingerprint density at radius 2 is 1.92 bits per heavy atom. The first kappa shape index (κ1) is 15.3. The fourth-order valence-corrected chi connectivity index (χ4v) is 3.79. The average molecular weight is 324 g/mol. The molecule has 1 N–H and O–H groups in total. The van der Waals surface area contributed by atoms with Crippen molar-refractivity contribution in [3.63, 3.8) is 0 Å². The number of nitrogens with one attached hydrogen (secondary N) is 1. The molecule has 5 nitrogen and oxygen atoms in total. The molecule has 2 aliphatic rings. The summed E-state index contributed by atoms with van der Waals surface area (Å²) in [6, 6.07) is 12.5. The van der Waals surface area contributed by atoms with Gasteiger partial charge in [0.15, 0.2) is 0 Å². The number of hydrogen-bond donors (Lipinski definition) is 1. The summed E-state index contributed by atoms with van der Waals surface area (Å²) in [7, 11) is 0. The lowest BCUT2D eigenvalue weighted by molar-refractivity contribution is 0.0678. The topological polar surface area (TPSA) is 40.5 Å². The lowest BCUT2D eigenvalue weighted by Gasteiger charge is -2.43. The minimum absolute atomic E-state index is 0.0184. The lowest BCUT2D eigenvalue weighted by Crippen LogP contribution is -2.56. The molecule has 2 aliphatic heterocycles. The van der Waals surface area contributed by atoms with Crippen LogP contribution in [0.5, 0.6) is 0 Å². The molecule has 1 atom stereocenters. The summed E-state index contributed by atoms with van der Waals surface area (Å²) in [5.74, 6) is 0. The number of hydrogen-bond acceptors (Lipinski definition) is 2. The van der Waals surface area contributed by atoms with Gasteiger partial charge in [-0.1, -0.05) is 12.5 Å². The van der Waals surface area contributed by atoms with E-state index in [1.54, 1.807) is 0 Å². The smallest absolute Gasteiger partial charge is 0.321 e. The van der Waals surface area contributed by atoms with E-state index in [1.807, 2.05) is 58.3 Å². The van der Waals surface area contributed by atoms with Gasteiger partial charge in [-0.05, 0) is 49.7 Å². The molecule has 2 amide bonds. The number of fused-ring (bicyclic) bond motifs is 1. The fraction of sp³-hybridized carbons (Fsp3) is 0.421. The van der Waals surface area contributed by atoms with Crippen LogP contribution in [0.4, 0.5) is 10.5 Å². The maximum Gasteiger partial charge on any atom is 0.321 e. The molecule has 126 valence electrons. The van der Waals surface area contributed by atoms with E-state index in [2.05, 4.69) is 10.2 Å². The molecule has 0 unspecified atom stereocenters. The summed E-state index contributed by atoms with van der Waals surface area (Å²) in [4.78, 5) is 17.1. The zero-order valence-corrected chi connectivity index (χ0v) is 13.9. The number of anilines is 1. The highest BCUT2D eigenvalue weighted by Crippen LogP contribution is 2.22. The number of aromatic nitrogens is 1. The molecule has 0 saturated carbocycles. The Kier molecular flexibility index (Phi) is 4.26. The Labute approximate surface area is 142 Å². The maximum absolute atomic E-state index is 12.6. The fourth-order valence-electron chi connectivity index (χ4n) is 3.79. The molecule has 2 fully saturated rings. The standard InChI is InChI=1S/C19H24N4O/c24-19(23-13-12-22-9-2-1-7-18(22)15-23)20-16-6-5-8-17(14-16)21-10-3-4-11-21/h3-6,8,10-11,14,18H,1-2,7,9,12-13,15H2,(H,20,24)/t18-/m1/s1. The molecule has 5 heteroatoms. The number of urea groups is 1. The molecule has 0 aliphatic carbocycles. The number of piperidine rings is 1. The van der Waals surface area contributed by atoms with Crippen molar-refractivity contribution in [1.29, 1.82) is 0 Å². The number of amides is 2. The van der Waals surface area contributed by atoms with E-state index in [9.17, 15) is 4.79 Å². The molecule has 1 aromatic carbocycles. The number of carbonyl (C=O) groups is 1. The molecular formula is C19H24N4O. The van der Waals surface area contributed by atoms with Crippen molar-refractivity contribution in [2.75, 3.05) is 31.5 Å². The van der Waals surface area contributed by atoms with Crippen LogP contribution in [0.1, 0.15) is 19.3 Å². The Morgan fingerprint density at radius 3 is 2.79 bits per heavy atom. The Morgan fingerprint density at radius 1 is 1.04 bits per heavy atom. The first-order chi connectivity index (χ1) is 11.8. The SMILES string of the molecule is O=C(Nc1cccc(-n2cccc2)c1)N1CCN2CCCC[C@@H]2C1. The Hall–Kier alpha value is -2.27. The summed E-state index contributed by atoms with van der Waals surface area (Å²) >= 11 is 0. The monoisotopic (exact) mass is 324 g/mol. The van der Waals surface area contributed by atoms with Crippen LogP contribution in [-0.4, -0.2) is 52.6 Å². The number of nitrogens with zero attached hydrogens (tertiary/aromatic N) is 3. The third kappa shape index (κ3) is 3.17. The molecule has 1 aromatic heterocycles. The predicted octanol–water partition coefficient (Wildman–Crippen LogP) is 3.18. The highest BCUT2D eigenvalue weighted by molar-refractivity contribution is 5.89. The average Bonchev–Trinajstić information content (AvgIpc) is 3.16. The van der Waals surface area contributed by atoms with Crippen molar-refractivity contribution in [2.24, 2.45) is 0 Å². The molecule has 0 radical (unpaired) electrons. The number of carbonyl (C=O) groups excluding carboxylic acids is 1. The summed E-state index contributed by atoms with van der Waals surface area (Å²) in [5, 5.41) is 3.06. The summed E-state index contributed by atoms with van der Waals surface area (Å²) in [5.41, 5.74) is 1.90. The van der Waals surface area contributed by atoms with Crippen LogP contribution >= 0.6 is 0 Å². The van der Waals surface area contributed by atoms with Crippen molar-refractivity contribution in [2.45, 2.75) is 25.3 Å². The third-order valence-corrected chi connectivity index (χ3v) is 5.12. The van der Waals surface area contributed by atoms with E-state index in [0.717, 1.165) is 31.0 Å². The lowest BCUT2D eigenvalue weighted by atomic mass is 10.00. The van der Waals surface area contributed by atoms with Gasteiger partial charge in [-0.2, -0.15) is 0 Å². The van der Waals surface area contributed by atoms with Gasteiger partial charge in [0.05, 0.1) is 0 Å². The zero-order valence-electron chi connectivity index (χ0n) is 13.9. The maximum atomic E-state index is 12.6. The van der Waals surface area contributed by atoms with Crippen LogP contribution in [0.25, 0.3) is 5.69 Å². The second-order valence-electron chi connectivity index (χ2n) is 6.70.